The summed E-state index contributed by atoms with van der Waals surface area (Å²) in [5.74, 6) is 0. The maximum Gasteiger partial charge on any atom is 0.274 e. The van der Waals surface area contributed by atoms with Crippen LogP contribution in [0.3, 0.4) is 0 Å². The molecule has 0 fully saturated rings. The lowest BCUT2D eigenvalue weighted by Crippen LogP contribution is -1.87. The molecule has 0 amide bonds. The van der Waals surface area contributed by atoms with E-state index in [0.29, 0.717) is 5.19 Å². The highest BCUT2D eigenvalue weighted by Crippen LogP contribution is 2.30. The monoisotopic (exact) mass is 194 g/mol. The molecule has 1 aromatic carbocycles. The molecule has 0 saturated heterocycles. The fraction of sp³-hybridized carbons (Fsp3) is 0.222. The van der Waals surface area contributed by atoms with E-state index in [9.17, 15) is 0 Å². The number of nitrogen functional groups attached to an aromatic ring is 1. The van der Waals surface area contributed by atoms with Gasteiger partial charge >= 0.3 is 0 Å². The largest absolute Gasteiger partial charge is 0.473 e. The fourth-order valence-corrected chi connectivity index (χ4v) is 1.97. The summed E-state index contributed by atoms with van der Waals surface area (Å²) in [7, 11) is 1.62. The average Bonchev–Trinajstić information content (AvgIpc) is 2.48. The Kier molecular flexibility index (Phi) is 1.84. The Hall–Kier alpha value is -1.29. The van der Waals surface area contributed by atoms with Gasteiger partial charge in [0.1, 0.15) is 0 Å². The van der Waals surface area contributed by atoms with Crippen molar-refractivity contribution in [2.45, 2.75) is 6.92 Å². The van der Waals surface area contributed by atoms with Gasteiger partial charge in [0.15, 0.2) is 0 Å². The van der Waals surface area contributed by atoms with Gasteiger partial charge in [-0.05, 0) is 24.6 Å². The predicted molar refractivity (Wildman–Crippen MR) is 55.3 cm³/mol. The maximum atomic E-state index is 5.77. The Morgan fingerprint density at radius 3 is 2.92 bits per heavy atom. The van der Waals surface area contributed by atoms with Gasteiger partial charge < -0.3 is 10.5 Å². The number of rotatable bonds is 1. The molecule has 0 saturated carbocycles. The molecule has 0 atom stereocenters. The third-order valence-corrected chi connectivity index (χ3v) is 2.91. The number of fused-ring (bicyclic) bond motifs is 1. The number of aromatic nitrogens is 1. The van der Waals surface area contributed by atoms with Crippen LogP contribution in [-0.2, 0) is 0 Å². The van der Waals surface area contributed by atoms with E-state index in [4.69, 9.17) is 10.5 Å². The van der Waals surface area contributed by atoms with Crippen molar-refractivity contribution in [3.63, 3.8) is 0 Å². The van der Waals surface area contributed by atoms with Crippen LogP contribution in [0.2, 0.25) is 0 Å². The Balaban J connectivity index is 2.70. The number of nitrogens with zero attached hydrogens (tertiary/aromatic N) is 1. The van der Waals surface area contributed by atoms with Crippen LogP contribution in [-0.4, -0.2) is 12.1 Å². The second-order valence-corrected chi connectivity index (χ2v) is 3.85. The first-order valence-corrected chi connectivity index (χ1v) is 4.73. The molecule has 3 nitrogen and oxygen atoms in total. The summed E-state index contributed by atoms with van der Waals surface area (Å²) in [4.78, 5) is 4.27. The number of anilines is 1. The van der Waals surface area contributed by atoms with Crippen LogP contribution in [0.15, 0.2) is 12.1 Å². The quantitative estimate of drug-likeness (QED) is 0.708. The number of aryl methyl sites for hydroxylation is 1. The van der Waals surface area contributed by atoms with Gasteiger partial charge in [0.2, 0.25) is 0 Å². The van der Waals surface area contributed by atoms with E-state index in [1.165, 1.54) is 11.3 Å². The zero-order valence-electron chi connectivity index (χ0n) is 7.50. The molecule has 0 unspecified atom stereocenters. The summed E-state index contributed by atoms with van der Waals surface area (Å²) in [6, 6.07) is 3.91. The van der Waals surface area contributed by atoms with Crippen LogP contribution in [0.25, 0.3) is 10.2 Å². The lowest BCUT2D eigenvalue weighted by Gasteiger charge is -1.96. The topological polar surface area (TPSA) is 48.1 Å². The Morgan fingerprint density at radius 1 is 1.46 bits per heavy atom. The molecule has 1 heterocycles. The number of thiazole rings is 1. The molecule has 0 aliphatic carbocycles. The normalized spacial score (nSPS) is 10.6. The maximum absolute atomic E-state index is 5.77. The molecule has 0 spiro atoms. The van der Waals surface area contributed by atoms with E-state index in [2.05, 4.69) is 4.98 Å². The molecule has 0 aliphatic rings. The Bertz CT molecular complexity index is 411. The van der Waals surface area contributed by atoms with Gasteiger partial charge in [-0.2, -0.15) is 0 Å². The molecule has 2 rings (SSSR count). The third kappa shape index (κ3) is 1.33. The molecule has 0 aliphatic heterocycles. The van der Waals surface area contributed by atoms with Crippen LogP contribution in [0.1, 0.15) is 5.56 Å². The minimum absolute atomic E-state index is 0.681. The van der Waals surface area contributed by atoms with Gasteiger partial charge in [0.05, 0.1) is 17.3 Å². The van der Waals surface area contributed by atoms with Crippen LogP contribution in [0.5, 0.6) is 5.19 Å². The lowest BCUT2D eigenvalue weighted by atomic mass is 10.2. The van der Waals surface area contributed by atoms with E-state index in [0.717, 1.165) is 21.5 Å². The smallest absolute Gasteiger partial charge is 0.274 e. The molecule has 1 aromatic heterocycles. The minimum atomic E-state index is 0.681. The molecule has 2 N–H and O–H groups in total. The molecule has 4 heteroatoms. The number of hydrogen-bond acceptors (Lipinski definition) is 4. The first kappa shape index (κ1) is 8.31. The van der Waals surface area contributed by atoms with Gasteiger partial charge in [-0.1, -0.05) is 11.3 Å². The van der Waals surface area contributed by atoms with Gasteiger partial charge in [0, 0.05) is 5.69 Å². The Labute approximate surface area is 80.2 Å². The lowest BCUT2D eigenvalue weighted by molar-refractivity contribution is 0.413. The van der Waals surface area contributed by atoms with Crippen molar-refractivity contribution in [2.75, 3.05) is 12.8 Å². The highest BCUT2D eigenvalue weighted by atomic mass is 32.1. The highest BCUT2D eigenvalue weighted by Gasteiger charge is 2.05. The first-order valence-electron chi connectivity index (χ1n) is 3.91. The van der Waals surface area contributed by atoms with Crippen LogP contribution < -0.4 is 10.5 Å². The second-order valence-electron chi connectivity index (χ2n) is 2.86. The molecule has 68 valence electrons. The highest BCUT2D eigenvalue weighted by molar-refractivity contribution is 7.20. The minimum Gasteiger partial charge on any atom is -0.473 e. The van der Waals surface area contributed by atoms with Crippen LogP contribution in [0.4, 0.5) is 5.69 Å². The van der Waals surface area contributed by atoms with Gasteiger partial charge in [-0.15, -0.1) is 0 Å². The molecular weight excluding hydrogens is 184 g/mol. The summed E-state index contributed by atoms with van der Waals surface area (Å²) in [5, 5.41) is 0.681. The van der Waals surface area contributed by atoms with Crippen molar-refractivity contribution in [3.8, 4) is 5.19 Å². The Morgan fingerprint density at radius 2 is 2.23 bits per heavy atom. The van der Waals surface area contributed by atoms with Crippen LogP contribution >= 0.6 is 11.3 Å². The summed E-state index contributed by atoms with van der Waals surface area (Å²) < 4.78 is 6.11. The van der Waals surface area contributed by atoms with Crippen LogP contribution in [0, 0.1) is 6.92 Å². The number of methoxy groups -OCH3 is 1. The van der Waals surface area contributed by atoms with Crippen molar-refractivity contribution in [1.82, 2.24) is 4.98 Å². The number of benzene rings is 1. The molecular formula is C9H10N2OS. The average molecular weight is 194 g/mol. The van der Waals surface area contributed by atoms with Gasteiger partial charge in [0.25, 0.3) is 5.19 Å². The van der Waals surface area contributed by atoms with Gasteiger partial charge in [-0.3, -0.25) is 0 Å². The van der Waals surface area contributed by atoms with Crippen molar-refractivity contribution < 1.29 is 4.74 Å². The molecule has 0 radical (unpaired) electrons. The second kappa shape index (κ2) is 2.88. The van der Waals surface area contributed by atoms with Crippen molar-refractivity contribution >= 4 is 27.2 Å². The summed E-state index contributed by atoms with van der Waals surface area (Å²) in [6.45, 7) is 1.97. The third-order valence-electron chi connectivity index (χ3n) is 1.93. The van der Waals surface area contributed by atoms with E-state index in [-0.39, 0.29) is 0 Å². The predicted octanol–water partition coefficient (Wildman–Crippen LogP) is 2.20. The van der Waals surface area contributed by atoms with Crippen molar-refractivity contribution in [1.29, 1.82) is 0 Å². The molecule has 2 aromatic rings. The number of ether oxygens (including phenoxy) is 1. The summed E-state index contributed by atoms with van der Waals surface area (Å²) in [5.41, 5.74) is 8.59. The number of nitrogens with two attached hydrogens (primary N) is 1. The van der Waals surface area contributed by atoms with E-state index < -0.39 is 0 Å². The van der Waals surface area contributed by atoms with Crippen molar-refractivity contribution in [2.24, 2.45) is 0 Å². The van der Waals surface area contributed by atoms with E-state index >= 15 is 0 Å². The number of hydrogen-bond donors (Lipinski definition) is 1. The molecule has 0 bridgehead atoms. The van der Waals surface area contributed by atoms with Crippen molar-refractivity contribution in [3.05, 3.63) is 17.7 Å². The zero-order valence-corrected chi connectivity index (χ0v) is 8.31. The fourth-order valence-electron chi connectivity index (χ4n) is 1.16. The first-order chi connectivity index (χ1) is 6.20. The SMILES string of the molecule is COc1nc2cc(C)c(N)cc2s1. The molecule has 13 heavy (non-hydrogen) atoms. The van der Waals surface area contributed by atoms with E-state index in [1.807, 2.05) is 19.1 Å². The standard InChI is InChI=1S/C9H10N2OS/c1-5-3-7-8(4-6(5)10)13-9(11-7)12-2/h3-4H,10H2,1-2H3. The van der Waals surface area contributed by atoms with E-state index in [1.54, 1.807) is 7.11 Å². The van der Waals surface area contributed by atoms with Gasteiger partial charge in [-0.25, -0.2) is 4.98 Å². The summed E-state index contributed by atoms with van der Waals surface area (Å²) in [6.07, 6.45) is 0. The summed E-state index contributed by atoms with van der Waals surface area (Å²) >= 11 is 1.51. The zero-order chi connectivity index (χ0) is 9.42.